The molecule has 0 radical (unpaired) electrons. The summed E-state index contributed by atoms with van der Waals surface area (Å²) in [7, 11) is 1.56. The number of hydrogen-bond acceptors (Lipinski definition) is 6. The van der Waals surface area contributed by atoms with Crippen molar-refractivity contribution in [3.8, 4) is 5.75 Å². The number of likely N-dealkylation sites (N-methyl/N-ethyl adjacent to an activating group) is 1. The van der Waals surface area contributed by atoms with E-state index < -0.39 is 17.5 Å². The Balaban J connectivity index is 1.35. The smallest absolute Gasteiger partial charge is 0.322 e. The fourth-order valence-corrected chi connectivity index (χ4v) is 5.20. The summed E-state index contributed by atoms with van der Waals surface area (Å²) >= 11 is 0. The zero-order chi connectivity index (χ0) is 24.6. The number of rotatable bonds is 7. The van der Waals surface area contributed by atoms with Gasteiger partial charge in [0.15, 0.2) is 5.54 Å². The van der Waals surface area contributed by atoms with Crippen LogP contribution in [0.2, 0.25) is 0 Å². The van der Waals surface area contributed by atoms with Gasteiger partial charge in [0.2, 0.25) is 0 Å². The van der Waals surface area contributed by atoms with Crippen molar-refractivity contribution >= 4 is 17.8 Å². The number of nitrogens with zero attached hydrogens (tertiary/aromatic N) is 3. The number of hydrogen-bond donors (Lipinski definition) is 2. The molecule has 0 unspecified atom stereocenters. The highest BCUT2D eigenvalue weighted by molar-refractivity contribution is 6.08. The van der Waals surface area contributed by atoms with Crippen molar-refractivity contribution in [2.75, 3.05) is 46.4 Å². The topological polar surface area (TPSA) is 94.2 Å². The molecule has 0 bridgehead atoms. The first kappa shape index (κ1) is 23.3. The van der Waals surface area contributed by atoms with Crippen molar-refractivity contribution in [3.63, 3.8) is 0 Å². The maximum Gasteiger partial charge on any atom is 0.322 e. The SMILES string of the molecule is CCN1CCN(Cc2ccc([C@]3(CN4Cc5ccc(OC)cc5C4=O)NC(=O)NC3=O)cc2)CC1. The third kappa shape index (κ3) is 4.37. The van der Waals surface area contributed by atoms with Gasteiger partial charge in [-0.25, -0.2) is 4.79 Å². The van der Waals surface area contributed by atoms with E-state index >= 15 is 0 Å². The number of methoxy groups -OCH3 is 1. The molecule has 3 heterocycles. The second-order valence-corrected chi connectivity index (χ2v) is 9.41. The van der Waals surface area contributed by atoms with Gasteiger partial charge >= 0.3 is 6.03 Å². The van der Waals surface area contributed by atoms with Gasteiger partial charge in [0.25, 0.3) is 11.8 Å². The van der Waals surface area contributed by atoms with Gasteiger partial charge in [0.1, 0.15) is 5.75 Å². The Morgan fingerprint density at radius 2 is 1.69 bits per heavy atom. The number of fused-ring (bicyclic) bond motifs is 1. The van der Waals surface area contributed by atoms with Crippen LogP contribution in [0.4, 0.5) is 4.79 Å². The quantitative estimate of drug-likeness (QED) is 0.588. The molecule has 3 aliphatic heterocycles. The molecule has 2 saturated heterocycles. The highest BCUT2D eigenvalue weighted by atomic mass is 16.5. The fourth-order valence-electron chi connectivity index (χ4n) is 5.20. The molecule has 184 valence electrons. The maximum atomic E-state index is 13.2. The molecule has 2 fully saturated rings. The average molecular weight is 478 g/mol. The van der Waals surface area contributed by atoms with Gasteiger partial charge in [0, 0.05) is 44.8 Å². The predicted octanol–water partition coefficient (Wildman–Crippen LogP) is 1.52. The van der Waals surface area contributed by atoms with Crippen LogP contribution in [0.1, 0.15) is 34.0 Å². The van der Waals surface area contributed by atoms with E-state index in [1.807, 2.05) is 36.4 Å². The standard InChI is InChI=1S/C26H31N5O4/c1-3-29-10-12-30(13-11-29)15-18-4-7-20(8-5-18)26(24(33)27-25(34)28-26)17-31-16-19-6-9-21(35-2)14-22(19)23(31)32/h4-9,14H,3,10-13,15-17H2,1-2H3,(H2,27,28,33,34)/t26-/m0/s1. The van der Waals surface area contributed by atoms with Crippen molar-refractivity contribution in [2.24, 2.45) is 0 Å². The summed E-state index contributed by atoms with van der Waals surface area (Å²) in [4.78, 5) is 44.9. The summed E-state index contributed by atoms with van der Waals surface area (Å²) in [6.07, 6.45) is 0. The highest BCUT2D eigenvalue weighted by Gasteiger charge is 2.50. The number of imide groups is 1. The molecule has 2 N–H and O–H groups in total. The van der Waals surface area contributed by atoms with Crippen molar-refractivity contribution in [3.05, 3.63) is 64.7 Å². The van der Waals surface area contributed by atoms with Crippen LogP contribution < -0.4 is 15.4 Å². The summed E-state index contributed by atoms with van der Waals surface area (Å²) in [6.45, 7) is 8.71. The largest absolute Gasteiger partial charge is 0.497 e. The zero-order valence-corrected chi connectivity index (χ0v) is 20.2. The van der Waals surface area contributed by atoms with Crippen LogP contribution in [0.15, 0.2) is 42.5 Å². The molecule has 0 saturated carbocycles. The minimum atomic E-state index is -1.34. The van der Waals surface area contributed by atoms with Crippen molar-refractivity contribution in [2.45, 2.75) is 25.6 Å². The van der Waals surface area contributed by atoms with Gasteiger partial charge in [-0.3, -0.25) is 19.8 Å². The predicted molar refractivity (Wildman–Crippen MR) is 130 cm³/mol. The number of nitrogens with one attached hydrogen (secondary N) is 2. The Morgan fingerprint density at radius 1 is 0.971 bits per heavy atom. The Morgan fingerprint density at radius 3 is 2.31 bits per heavy atom. The van der Waals surface area contributed by atoms with E-state index in [1.165, 1.54) is 0 Å². The molecule has 5 rings (SSSR count). The molecule has 0 aromatic heterocycles. The molecule has 0 spiro atoms. The first-order valence-corrected chi connectivity index (χ1v) is 12.1. The molecule has 2 aromatic rings. The first-order valence-electron chi connectivity index (χ1n) is 12.1. The summed E-state index contributed by atoms with van der Waals surface area (Å²) in [5, 5.41) is 5.17. The minimum absolute atomic E-state index is 0.0404. The van der Waals surface area contributed by atoms with E-state index in [0.29, 0.717) is 23.4 Å². The minimum Gasteiger partial charge on any atom is -0.497 e. The normalized spacial score (nSPS) is 22.8. The Hall–Kier alpha value is -3.43. The number of urea groups is 1. The number of piperazine rings is 1. The lowest BCUT2D eigenvalue weighted by Crippen LogP contribution is -2.52. The molecule has 9 nitrogen and oxygen atoms in total. The van der Waals surface area contributed by atoms with E-state index in [-0.39, 0.29) is 12.5 Å². The van der Waals surface area contributed by atoms with E-state index in [1.54, 1.807) is 18.1 Å². The lowest BCUT2D eigenvalue weighted by Gasteiger charge is -2.34. The number of carbonyl (C=O) groups is 3. The van der Waals surface area contributed by atoms with Crippen molar-refractivity contribution in [1.29, 1.82) is 0 Å². The zero-order valence-electron chi connectivity index (χ0n) is 20.2. The number of carbonyl (C=O) groups excluding carboxylic acids is 3. The number of amides is 4. The molecule has 3 aliphatic rings. The molecular formula is C26H31N5O4. The van der Waals surface area contributed by atoms with Gasteiger partial charge in [-0.05, 0) is 35.4 Å². The van der Waals surface area contributed by atoms with Crippen molar-refractivity contribution in [1.82, 2.24) is 25.3 Å². The van der Waals surface area contributed by atoms with E-state index in [2.05, 4.69) is 27.4 Å². The second kappa shape index (κ2) is 9.31. The summed E-state index contributed by atoms with van der Waals surface area (Å²) < 4.78 is 5.26. The summed E-state index contributed by atoms with van der Waals surface area (Å²) in [5.74, 6) is -0.0328. The van der Waals surface area contributed by atoms with Gasteiger partial charge in [0.05, 0.1) is 13.7 Å². The van der Waals surface area contributed by atoms with Crippen LogP contribution in [-0.2, 0) is 23.4 Å². The molecule has 4 amide bonds. The molecule has 35 heavy (non-hydrogen) atoms. The van der Waals surface area contributed by atoms with Crippen LogP contribution in [0.25, 0.3) is 0 Å². The summed E-state index contributed by atoms with van der Waals surface area (Å²) in [6, 6.07) is 12.6. The first-order chi connectivity index (χ1) is 16.9. The van der Waals surface area contributed by atoms with Crippen LogP contribution in [0, 0.1) is 0 Å². The van der Waals surface area contributed by atoms with Gasteiger partial charge < -0.3 is 19.9 Å². The van der Waals surface area contributed by atoms with Crippen LogP contribution in [0.3, 0.4) is 0 Å². The third-order valence-electron chi connectivity index (χ3n) is 7.33. The van der Waals surface area contributed by atoms with Crippen LogP contribution >= 0.6 is 0 Å². The monoisotopic (exact) mass is 477 g/mol. The van der Waals surface area contributed by atoms with E-state index in [0.717, 1.165) is 50.4 Å². The van der Waals surface area contributed by atoms with E-state index in [4.69, 9.17) is 4.74 Å². The van der Waals surface area contributed by atoms with Crippen molar-refractivity contribution < 1.29 is 19.1 Å². The third-order valence-corrected chi connectivity index (χ3v) is 7.33. The number of ether oxygens (including phenoxy) is 1. The van der Waals surface area contributed by atoms with Gasteiger partial charge in [-0.2, -0.15) is 0 Å². The Labute approximate surface area is 205 Å². The molecule has 1 atom stereocenters. The molecule has 9 heteroatoms. The fraction of sp³-hybridized carbons (Fsp3) is 0.423. The summed E-state index contributed by atoms with van der Waals surface area (Å²) in [5.41, 5.74) is 1.89. The van der Waals surface area contributed by atoms with Gasteiger partial charge in [-0.15, -0.1) is 0 Å². The Kier molecular flexibility index (Phi) is 6.21. The lowest BCUT2D eigenvalue weighted by atomic mass is 9.88. The highest BCUT2D eigenvalue weighted by Crippen LogP contribution is 2.32. The van der Waals surface area contributed by atoms with Crippen LogP contribution in [-0.4, -0.2) is 78.9 Å². The second-order valence-electron chi connectivity index (χ2n) is 9.41. The Bertz CT molecular complexity index is 1140. The van der Waals surface area contributed by atoms with Crippen LogP contribution in [0.5, 0.6) is 5.75 Å². The lowest BCUT2D eigenvalue weighted by molar-refractivity contribution is -0.124. The molecule has 2 aromatic carbocycles. The number of benzene rings is 2. The maximum absolute atomic E-state index is 13.2. The van der Waals surface area contributed by atoms with E-state index in [9.17, 15) is 14.4 Å². The van der Waals surface area contributed by atoms with Gasteiger partial charge in [-0.1, -0.05) is 37.3 Å². The molecular weight excluding hydrogens is 446 g/mol. The molecule has 0 aliphatic carbocycles. The average Bonchev–Trinajstić information content (AvgIpc) is 3.34.